The second-order valence-electron chi connectivity index (χ2n) is 5.90. The van der Waals surface area contributed by atoms with E-state index in [-0.39, 0.29) is 11.7 Å². The monoisotopic (exact) mass is 317 g/mol. The van der Waals surface area contributed by atoms with Gasteiger partial charge in [0.25, 0.3) is 0 Å². The minimum absolute atomic E-state index is 0.221. The van der Waals surface area contributed by atoms with E-state index in [9.17, 15) is 9.18 Å². The van der Waals surface area contributed by atoms with E-state index in [2.05, 4.69) is 15.5 Å². The van der Waals surface area contributed by atoms with Gasteiger partial charge in [-0.25, -0.2) is 9.18 Å². The molecule has 0 unspecified atom stereocenters. The zero-order chi connectivity index (χ0) is 16.2. The number of nitrogens with zero attached hydrogens (tertiary/aromatic N) is 4. The van der Waals surface area contributed by atoms with E-state index in [1.165, 1.54) is 6.07 Å². The van der Waals surface area contributed by atoms with Crippen molar-refractivity contribution in [2.45, 2.75) is 19.3 Å². The lowest BCUT2D eigenvalue weighted by Crippen LogP contribution is -2.41. The Morgan fingerprint density at radius 3 is 2.74 bits per heavy atom. The molecule has 3 rings (SSSR count). The maximum Gasteiger partial charge on any atom is 0.321 e. The van der Waals surface area contributed by atoms with Crippen LogP contribution in [0.25, 0.3) is 0 Å². The Bertz CT molecular complexity index is 679. The minimum atomic E-state index is -0.419. The molecule has 1 aliphatic rings. The van der Waals surface area contributed by atoms with Crippen molar-refractivity contribution >= 4 is 11.7 Å². The van der Waals surface area contributed by atoms with Gasteiger partial charge in [-0.05, 0) is 30.9 Å². The molecule has 0 saturated carbocycles. The highest BCUT2D eigenvalue weighted by molar-refractivity contribution is 5.89. The number of urea groups is 1. The van der Waals surface area contributed by atoms with E-state index in [1.807, 2.05) is 11.6 Å². The Kier molecular flexibility index (Phi) is 4.55. The average molecular weight is 317 g/mol. The van der Waals surface area contributed by atoms with Crippen molar-refractivity contribution in [3.05, 3.63) is 42.2 Å². The van der Waals surface area contributed by atoms with Gasteiger partial charge in [0.05, 0.1) is 5.69 Å². The van der Waals surface area contributed by atoms with Crippen LogP contribution < -0.4 is 5.32 Å². The van der Waals surface area contributed by atoms with Crippen LogP contribution in [0, 0.1) is 11.7 Å². The predicted octanol–water partition coefficient (Wildman–Crippen LogP) is 2.44. The van der Waals surface area contributed by atoms with Gasteiger partial charge >= 0.3 is 6.03 Å². The number of benzene rings is 1. The normalized spacial score (nSPS) is 15.7. The van der Waals surface area contributed by atoms with E-state index in [4.69, 9.17) is 0 Å². The molecule has 2 heterocycles. The van der Waals surface area contributed by atoms with Gasteiger partial charge in [-0.3, -0.25) is 0 Å². The first-order chi connectivity index (χ1) is 11.1. The second kappa shape index (κ2) is 6.76. The summed E-state index contributed by atoms with van der Waals surface area (Å²) in [4.78, 5) is 14.0. The number of aryl methyl sites for hydroxylation is 1. The highest BCUT2D eigenvalue weighted by atomic mass is 19.1. The minimum Gasteiger partial charge on any atom is -0.325 e. The zero-order valence-corrected chi connectivity index (χ0v) is 13.1. The molecule has 2 amide bonds. The number of amides is 2. The number of likely N-dealkylation sites (tertiary alicyclic amines) is 1. The molecular formula is C16H20FN5O. The van der Waals surface area contributed by atoms with Crippen molar-refractivity contribution in [1.82, 2.24) is 19.7 Å². The number of carbonyl (C=O) groups excluding carboxylic acids is 1. The summed E-state index contributed by atoms with van der Waals surface area (Å²) in [6.45, 7) is 1.34. The summed E-state index contributed by atoms with van der Waals surface area (Å²) < 4.78 is 15.5. The third-order valence-corrected chi connectivity index (χ3v) is 4.29. The number of carbonyl (C=O) groups is 1. The average Bonchev–Trinajstić information content (AvgIpc) is 2.95. The largest absolute Gasteiger partial charge is 0.325 e. The number of aromatic nitrogens is 3. The molecule has 7 heteroatoms. The molecule has 122 valence electrons. The molecule has 0 atom stereocenters. The third kappa shape index (κ3) is 3.67. The van der Waals surface area contributed by atoms with Crippen LogP contribution in [0.5, 0.6) is 0 Å². The van der Waals surface area contributed by atoms with Crippen LogP contribution in [0.15, 0.2) is 30.6 Å². The lowest BCUT2D eigenvalue weighted by molar-refractivity contribution is 0.181. The van der Waals surface area contributed by atoms with E-state index in [0.29, 0.717) is 19.0 Å². The maximum atomic E-state index is 13.6. The summed E-state index contributed by atoms with van der Waals surface area (Å²) in [5.41, 5.74) is 0.221. The Labute approximate surface area is 134 Å². The first kappa shape index (κ1) is 15.5. The van der Waals surface area contributed by atoms with E-state index in [0.717, 1.165) is 25.1 Å². The van der Waals surface area contributed by atoms with Crippen molar-refractivity contribution < 1.29 is 9.18 Å². The summed E-state index contributed by atoms with van der Waals surface area (Å²) in [6.07, 6.45) is 4.40. The molecular weight excluding hydrogens is 297 g/mol. The molecule has 1 fully saturated rings. The fraction of sp³-hybridized carbons (Fsp3) is 0.438. The Morgan fingerprint density at radius 2 is 2.09 bits per heavy atom. The SMILES string of the molecule is Cn1cnnc1CC1CCN(C(=O)Nc2ccccc2F)CC1. The fourth-order valence-electron chi connectivity index (χ4n) is 2.85. The topological polar surface area (TPSA) is 63.1 Å². The molecule has 1 saturated heterocycles. The van der Waals surface area contributed by atoms with Gasteiger partial charge in [0.1, 0.15) is 18.0 Å². The highest BCUT2D eigenvalue weighted by Gasteiger charge is 2.24. The van der Waals surface area contributed by atoms with Crippen molar-refractivity contribution in [3.8, 4) is 0 Å². The third-order valence-electron chi connectivity index (χ3n) is 4.29. The van der Waals surface area contributed by atoms with Gasteiger partial charge < -0.3 is 14.8 Å². The Morgan fingerprint density at radius 1 is 1.35 bits per heavy atom. The molecule has 1 N–H and O–H groups in total. The number of halogens is 1. The molecule has 0 aliphatic carbocycles. The standard InChI is InChI=1S/C16H20FN5O/c1-21-11-18-20-15(21)10-12-6-8-22(9-7-12)16(23)19-14-5-3-2-4-13(14)17/h2-5,11-12H,6-10H2,1H3,(H,19,23). The molecule has 0 bridgehead atoms. The van der Waals surface area contributed by atoms with Crippen LogP contribution >= 0.6 is 0 Å². The second-order valence-corrected chi connectivity index (χ2v) is 5.90. The molecule has 0 spiro atoms. The van der Waals surface area contributed by atoms with Crippen LogP contribution in [0.4, 0.5) is 14.9 Å². The summed E-state index contributed by atoms with van der Waals surface area (Å²) in [7, 11) is 1.94. The van der Waals surface area contributed by atoms with Crippen LogP contribution in [-0.2, 0) is 13.5 Å². The van der Waals surface area contributed by atoms with E-state index in [1.54, 1.807) is 29.4 Å². The van der Waals surface area contributed by atoms with Gasteiger partial charge in [0.2, 0.25) is 0 Å². The Hall–Kier alpha value is -2.44. The number of piperidine rings is 1. The van der Waals surface area contributed by atoms with Gasteiger partial charge in [-0.15, -0.1) is 10.2 Å². The number of hydrogen-bond acceptors (Lipinski definition) is 3. The van der Waals surface area contributed by atoms with E-state index >= 15 is 0 Å². The van der Waals surface area contributed by atoms with Crippen molar-refractivity contribution in [1.29, 1.82) is 0 Å². The van der Waals surface area contributed by atoms with Gasteiger partial charge in [0, 0.05) is 26.6 Å². The van der Waals surface area contributed by atoms with Crippen molar-refractivity contribution in [2.24, 2.45) is 13.0 Å². The summed E-state index contributed by atoms with van der Waals surface area (Å²) in [5, 5.41) is 10.6. The Balaban J connectivity index is 1.51. The number of para-hydroxylation sites is 1. The number of nitrogens with one attached hydrogen (secondary N) is 1. The van der Waals surface area contributed by atoms with Crippen molar-refractivity contribution in [2.75, 3.05) is 18.4 Å². The van der Waals surface area contributed by atoms with Gasteiger partial charge in [-0.2, -0.15) is 0 Å². The van der Waals surface area contributed by atoms with Gasteiger partial charge in [-0.1, -0.05) is 12.1 Å². The van der Waals surface area contributed by atoms with Gasteiger partial charge in [0.15, 0.2) is 0 Å². The summed E-state index contributed by atoms with van der Waals surface area (Å²) >= 11 is 0. The number of rotatable bonds is 3. The van der Waals surface area contributed by atoms with Crippen LogP contribution in [0.2, 0.25) is 0 Å². The summed E-state index contributed by atoms with van der Waals surface area (Å²) in [5.74, 6) is 1.05. The summed E-state index contributed by atoms with van der Waals surface area (Å²) in [6, 6.07) is 5.96. The molecule has 6 nitrogen and oxygen atoms in total. The highest BCUT2D eigenvalue weighted by Crippen LogP contribution is 2.22. The lowest BCUT2D eigenvalue weighted by atomic mass is 9.93. The fourth-order valence-corrected chi connectivity index (χ4v) is 2.85. The number of anilines is 1. The molecule has 2 aromatic rings. The lowest BCUT2D eigenvalue weighted by Gasteiger charge is -2.31. The van der Waals surface area contributed by atoms with E-state index < -0.39 is 5.82 Å². The first-order valence-electron chi connectivity index (χ1n) is 7.77. The first-order valence-corrected chi connectivity index (χ1v) is 7.77. The van der Waals surface area contributed by atoms with Crippen LogP contribution in [-0.4, -0.2) is 38.8 Å². The zero-order valence-electron chi connectivity index (χ0n) is 13.1. The quantitative estimate of drug-likeness (QED) is 0.946. The molecule has 23 heavy (non-hydrogen) atoms. The molecule has 0 radical (unpaired) electrons. The maximum absolute atomic E-state index is 13.6. The predicted molar refractivity (Wildman–Crippen MR) is 84.4 cm³/mol. The molecule has 1 aliphatic heterocycles. The van der Waals surface area contributed by atoms with Crippen LogP contribution in [0.3, 0.4) is 0 Å². The van der Waals surface area contributed by atoms with Crippen molar-refractivity contribution in [3.63, 3.8) is 0 Å². The number of hydrogen-bond donors (Lipinski definition) is 1. The smallest absolute Gasteiger partial charge is 0.321 e. The molecule has 1 aromatic carbocycles. The molecule has 1 aromatic heterocycles. The van der Waals surface area contributed by atoms with Crippen LogP contribution in [0.1, 0.15) is 18.7 Å².